The molecule has 2 aromatic rings. The Hall–Kier alpha value is -1.81. The van der Waals surface area contributed by atoms with Gasteiger partial charge >= 0.3 is 0 Å². The first-order chi connectivity index (χ1) is 8.09. The van der Waals surface area contributed by atoms with E-state index in [4.69, 9.17) is 5.73 Å². The van der Waals surface area contributed by atoms with Gasteiger partial charge in [0.25, 0.3) is 0 Å². The predicted molar refractivity (Wildman–Crippen MR) is 61.4 cm³/mol. The van der Waals surface area contributed by atoms with E-state index in [1.54, 1.807) is 18.5 Å². The Kier molecular flexibility index (Phi) is 3.15. The summed E-state index contributed by atoms with van der Waals surface area (Å²) >= 11 is 0. The van der Waals surface area contributed by atoms with Gasteiger partial charge in [-0.25, -0.2) is 8.78 Å². The van der Waals surface area contributed by atoms with Gasteiger partial charge in [0.1, 0.15) is 11.6 Å². The molecule has 0 aliphatic carbocycles. The molecule has 0 aliphatic rings. The first-order valence-electron chi connectivity index (χ1n) is 5.20. The first kappa shape index (κ1) is 11.7. The Bertz CT molecular complexity index is 541. The Labute approximate surface area is 98.1 Å². The number of pyridine rings is 1. The summed E-state index contributed by atoms with van der Waals surface area (Å²) in [5.41, 5.74) is 7.92. The second-order valence-electron chi connectivity index (χ2n) is 3.88. The molecule has 0 aliphatic heterocycles. The SMILES string of the molecule is Cc1cnccc1C(N)c1ccc(F)cc1F. The maximum Gasteiger partial charge on any atom is 0.131 e. The summed E-state index contributed by atoms with van der Waals surface area (Å²) in [4.78, 5) is 3.95. The van der Waals surface area contributed by atoms with Crippen molar-refractivity contribution >= 4 is 0 Å². The lowest BCUT2D eigenvalue weighted by molar-refractivity contribution is 0.565. The molecule has 1 atom stereocenters. The van der Waals surface area contributed by atoms with Gasteiger partial charge in [-0.1, -0.05) is 6.07 Å². The fourth-order valence-electron chi connectivity index (χ4n) is 1.75. The van der Waals surface area contributed by atoms with Gasteiger partial charge in [0.15, 0.2) is 0 Å². The van der Waals surface area contributed by atoms with Crippen LogP contribution in [0.3, 0.4) is 0 Å². The van der Waals surface area contributed by atoms with Crippen LogP contribution in [0.1, 0.15) is 22.7 Å². The van der Waals surface area contributed by atoms with Crippen molar-refractivity contribution in [2.24, 2.45) is 5.73 Å². The number of nitrogens with two attached hydrogens (primary N) is 1. The number of hydrogen-bond acceptors (Lipinski definition) is 2. The summed E-state index contributed by atoms with van der Waals surface area (Å²) in [6.45, 7) is 1.85. The number of hydrogen-bond donors (Lipinski definition) is 1. The van der Waals surface area contributed by atoms with E-state index < -0.39 is 17.7 Å². The Morgan fingerprint density at radius 2 is 1.94 bits per heavy atom. The second kappa shape index (κ2) is 4.59. The number of rotatable bonds is 2. The fourth-order valence-corrected chi connectivity index (χ4v) is 1.75. The van der Waals surface area contributed by atoms with E-state index in [2.05, 4.69) is 4.98 Å². The number of aromatic nitrogens is 1. The minimum absolute atomic E-state index is 0.278. The lowest BCUT2D eigenvalue weighted by Crippen LogP contribution is -2.15. The summed E-state index contributed by atoms with van der Waals surface area (Å²) in [6, 6.07) is 4.54. The van der Waals surface area contributed by atoms with Gasteiger partial charge in [0.2, 0.25) is 0 Å². The van der Waals surface area contributed by atoms with E-state index in [1.807, 2.05) is 6.92 Å². The molecule has 2 N–H and O–H groups in total. The molecule has 1 aromatic carbocycles. The zero-order chi connectivity index (χ0) is 12.4. The minimum Gasteiger partial charge on any atom is -0.320 e. The van der Waals surface area contributed by atoms with E-state index in [-0.39, 0.29) is 5.56 Å². The number of halogens is 2. The fraction of sp³-hybridized carbons (Fsp3) is 0.154. The lowest BCUT2D eigenvalue weighted by Gasteiger charge is -2.15. The number of benzene rings is 1. The zero-order valence-electron chi connectivity index (χ0n) is 9.32. The van der Waals surface area contributed by atoms with Crippen LogP contribution in [-0.2, 0) is 0 Å². The van der Waals surface area contributed by atoms with Crippen molar-refractivity contribution < 1.29 is 8.78 Å². The van der Waals surface area contributed by atoms with Crippen LogP contribution in [0.25, 0.3) is 0 Å². The standard InChI is InChI=1S/C13H12F2N2/c1-8-7-17-5-4-10(8)13(16)11-3-2-9(14)6-12(11)15/h2-7,13H,16H2,1H3. The number of aryl methyl sites for hydroxylation is 1. The van der Waals surface area contributed by atoms with E-state index in [0.717, 1.165) is 17.2 Å². The maximum atomic E-state index is 13.6. The van der Waals surface area contributed by atoms with Crippen molar-refractivity contribution in [3.8, 4) is 0 Å². The quantitative estimate of drug-likeness (QED) is 0.867. The molecule has 0 bridgehead atoms. The smallest absolute Gasteiger partial charge is 0.131 e. The average Bonchev–Trinajstić information content (AvgIpc) is 2.29. The largest absolute Gasteiger partial charge is 0.320 e. The van der Waals surface area contributed by atoms with Crippen molar-refractivity contribution in [1.82, 2.24) is 4.98 Å². The van der Waals surface area contributed by atoms with E-state index >= 15 is 0 Å². The molecule has 2 nitrogen and oxygen atoms in total. The van der Waals surface area contributed by atoms with Gasteiger partial charge in [0.05, 0.1) is 6.04 Å². The monoisotopic (exact) mass is 234 g/mol. The summed E-state index contributed by atoms with van der Waals surface area (Å²) in [5, 5.41) is 0. The van der Waals surface area contributed by atoms with Gasteiger partial charge in [-0.3, -0.25) is 4.98 Å². The highest BCUT2D eigenvalue weighted by atomic mass is 19.1. The molecular weight excluding hydrogens is 222 g/mol. The van der Waals surface area contributed by atoms with Crippen molar-refractivity contribution in [2.45, 2.75) is 13.0 Å². The molecule has 0 spiro atoms. The molecule has 1 aromatic heterocycles. The van der Waals surface area contributed by atoms with Crippen LogP contribution in [0.15, 0.2) is 36.7 Å². The van der Waals surface area contributed by atoms with Gasteiger partial charge in [-0.05, 0) is 30.2 Å². The summed E-state index contributed by atoms with van der Waals surface area (Å²) in [5.74, 6) is -1.24. The Morgan fingerprint density at radius 1 is 1.18 bits per heavy atom. The van der Waals surface area contributed by atoms with Crippen molar-refractivity contribution in [3.63, 3.8) is 0 Å². The summed E-state index contributed by atoms with van der Waals surface area (Å²) < 4.78 is 26.4. The van der Waals surface area contributed by atoms with Gasteiger partial charge < -0.3 is 5.73 Å². The predicted octanol–water partition coefficient (Wildman–Crippen LogP) is 2.72. The highest BCUT2D eigenvalue weighted by molar-refractivity contribution is 5.35. The zero-order valence-corrected chi connectivity index (χ0v) is 9.32. The second-order valence-corrected chi connectivity index (χ2v) is 3.88. The third kappa shape index (κ3) is 2.31. The molecule has 88 valence electrons. The topological polar surface area (TPSA) is 38.9 Å². The molecule has 0 amide bonds. The Morgan fingerprint density at radius 3 is 2.59 bits per heavy atom. The Balaban J connectivity index is 2.44. The lowest BCUT2D eigenvalue weighted by atomic mass is 9.97. The van der Waals surface area contributed by atoms with Gasteiger partial charge in [-0.15, -0.1) is 0 Å². The van der Waals surface area contributed by atoms with E-state index in [1.165, 1.54) is 12.1 Å². The molecule has 1 heterocycles. The summed E-state index contributed by atoms with van der Waals surface area (Å²) in [6.07, 6.45) is 3.26. The molecule has 0 saturated heterocycles. The summed E-state index contributed by atoms with van der Waals surface area (Å²) in [7, 11) is 0. The minimum atomic E-state index is -0.631. The maximum absolute atomic E-state index is 13.6. The molecule has 4 heteroatoms. The molecule has 2 rings (SSSR count). The third-order valence-electron chi connectivity index (χ3n) is 2.70. The normalized spacial score (nSPS) is 12.5. The van der Waals surface area contributed by atoms with Crippen molar-refractivity contribution in [1.29, 1.82) is 0 Å². The average molecular weight is 234 g/mol. The van der Waals surface area contributed by atoms with Crippen molar-refractivity contribution in [3.05, 3.63) is 65.0 Å². The van der Waals surface area contributed by atoms with E-state index in [9.17, 15) is 8.78 Å². The molecule has 0 radical (unpaired) electrons. The van der Waals surface area contributed by atoms with Crippen LogP contribution < -0.4 is 5.73 Å². The van der Waals surface area contributed by atoms with Crippen molar-refractivity contribution in [2.75, 3.05) is 0 Å². The molecule has 0 fully saturated rings. The molecular formula is C13H12F2N2. The molecule has 17 heavy (non-hydrogen) atoms. The highest BCUT2D eigenvalue weighted by Crippen LogP contribution is 2.24. The van der Waals surface area contributed by atoms with Crippen LogP contribution >= 0.6 is 0 Å². The van der Waals surface area contributed by atoms with Crippen LogP contribution in [0.2, 0.25) is 0 Å². The van der Waals surface area contributed by atoms with Crippen LogP contribution in [0.4, 0.5) is 8.78 Å². The van der Waals surface area contributed by atoms with Gasteiger partial charge in [-0.2, -0.15) is 0 Å². The highest BCUT2D eigenvalue weighted by Gasteiger charge is 2.15. The first-order valence-corrected chi connectivity index (χ1v) is 5.20. The van der Waals surface area contributed by atoms with Crippen LogP contribution in [0.5, 0.6) is 0 Å². The molecule has 1 unspecified atom stereocenters. The number of nitrogens with zero attached hydrogens (tertiary/aromatic N) is 1. The van der Waals surface area contributed by atoms with E-state index in [0.29, 0.717) is 0 Å². The molecule has 0 saturated carbocycles. The van der Waals surface area contributed by atoms with Gasteiger partial charge in [0, 0.05) is 24.0 Å². The van der Waals surface area contributed by atoms with Crippen LogP contribution in [0, 0.1) is 18.6 Å². The third-order valence-corrected chi connectivity index (χ3v) is 2.70. The van der Waals surface area contributed by atoms with Crippen LogP contribution in [-0.4, -0.2) is 4.98 Å².